The highest BCUT2D eigenvalue weighted by Gasteiger charge is 2.17. The lowest BCUT2D eigenvalue weighted by molar-refractivity contribution is 0.188. The number of methoxy groups -OCH3 is 1. The molecule has 2 heterocycles. The average Bonchev–Trinajstić information content (AvgIpc) is 2.55. The molecule has 5 nitrogen and oxygen atoms in total. The minimum Gasteiger partial charge on any atom is -0.497 e. The average molecular weight is 287 g/mol. The molecule has 3 rings (SSSR count). The minimum atomic E-state index is 0.232. The van der Waals surface area contributed by atoms with E-state index in [4.69, 9.17) is 14.8 Å². The number of hydrogen-bond acceptors (Lipinski definition) is 5. The largest absolute Gasteiger partial charge is 0.497 e. The molecule has 0 spiro atoms. The molecule has 0 bridgehead atoms. The fraction of sp³-hybridized carbons (Fsp3) is 0.438. The number of aromatic nitrogens is 1. The van der Waals surface area contributed by atoms with E-state index in [9.17, 15) is 0 Å². The van der Waals surface area contributed by atoms with Crippen LogP contribution in [0.5, 0.6) is 5.75 Å². The molecule has 0 aliphatic carbocycles. The summed E-state index contributed by atoms with van der Waals surface area (Å²) in [7, 11) is 1.68. The number of pyridine rings is 1. The van der Waals surface area contributed by atoms with Gasteiger partial charge >= 0.3 is 0 Å². The molecular weight excluding hydrogens is 266 g/mol. The van der Waals surface area contributed by atoms with Crippen molar-refractivity contribution in [1.82, 2.24) is 9.88 Å². The van der Waals surface area contributed by atoms with Crippen LogP contribution < -0.4 is 9.64 Å². The third kappa shape index (κ3) is 3.09. The maximum absolute atomic E-state index is 8.98. The minimum absolute atomic E-state index is 0.232. The Morgan fingerprint density at radius 3 is 2.67 bits per heavy atom. The molecule has 21 heavy (non-hydrogen) atoms. The van der Waals surface area contributed by atoms with Crippen molar-refractivity contribution in [2.24, 2.45) is 0 Å². The summed E-state index contributed by atoms with van der Waals surface area (Å²) in [5.41, 5.74) is 0.992. The Hall–Kier alpha value is -1.85. The van der Waals surface area contributed by atoms with Gasteiger partial charge in [0.15, 0.2) is 0 Å². The van der Waals surface area contributed by atoms with Gasteiger partial charge < -0.3 is 14.7 Å². The lowest BCUT2D eigenvalue weighted by Crippen LogP contribution is -2.47. The van der Waals surface area contributed by atoms with Gasteiger partial charge in [-0.3, -0.25) is 4.90 Å². The van der Waals surface area contributed by atoms with Crippen LogP contribution >= 0.6 is 0 Å². The highest BCUT2D eigenvalue weighted by atomic mass is 16.5. The Morgan fingerprint density at radius 1 is 1.14 bits per heavy atom. The predicted molar refractivity (Wildman–Crippen MR) is 84.0 cm³/mol. The van der Waals surface area contributed by atoms with Gasteiger partial charge in [0.2, 0.25) is 0 Å². The summed E-state index contributed by atoms with van der Waals surface area (Å²) < 4.78 is 5.24. The maximum atomic E-state index is 8.98. The van der Waals surface area contributed by atoms with Crippen LogP contribution in [0.3, 0.4) is 0 Å². The summed E-state index contributed by atoms with van der Waals surface area (Å²) in [6, 6.07) is 10.1. The van der Waals surface area contributed by atoms with E-state index in [0.29, 0.717) is 0 Å². The second-order valence-electron chi connectivity index (χ2n) is 5.28. The molecule has 0 saturated carbocycles. The molecule has 5 heteroatoms. The van der Waals surface area contributed by atoms with E-state index >= 15 is 0 Å². The molecule has 1 aromatic heterocycles. The van der Waals surface area contributed by atoms with Gasteiger partial charge in [0.25, 0.3) is 0 Å². The molecule has 112 valence electrons. The summed E-state index contributed by atoms with van der Waals surface area (Å²) in [5, 5.41) is 10.1. The zero-order chi connectivity index (χ0) is 14.7. The summed E-state index contributed by atoms with van der Waals surface area (Å²) in [4.78, 5) is 9.33. The normalized spacial score (nSPS) is 16.4. The standard InChI is InChI=1S/C16H21N3O2/c1-21-14-3-4-15-13(12-14)2-5-16(17-15)19-8-6-18(7-9-19)10-11-20/h2-5,12,20H,6-11H2,1H3. The molecule has 0 atom stereocenters. The summed E-state index contributed by atoms with van der Waals surface area (Å²) in [6.45, 7) is 4.85. The van der Waals surface area contributed by atoms with Crippen molar-refractivity contribution in [3.8, 4) is 5.75 Å². The van der Waals surface area contributed by atoms with Crippen molar-refractivity contribution in [3.63, 3.8) is 0 Å². The van der Waals surface area contributed by atoms with Crippen LogP contribution in [0.1, 0.15) is 0 Å². The maximum Gasteiger partial charge on any atom is 0.129 e. The van der Waals surface area contributed by atoms with Crippen molar-refractivity contribution in [3.05, 3.63) is 30.3 Å². The van der Waals surface area contributed by atoms with Gasteiger partial charge in [0.1, 0.15) is 11.6 Å². The highest BCUT2D eigenvalue weighted by Crippen LogP contribution is 2.23. The first kappa shape index (κ1) is 14.1. The first-order valence-corrected chi connectivity index (χ1v) is 7.33. The second kappa shape index (κ2) is 6.28. The lowest BCUT2D eigenvalue weighted by Gasteiger charge is -2.35. The summed E-state index contributed by atoms with van der Waals surface area (Å²) in [6.07, 6.45) is 0. The van der Waals surface area contributed by atoms with E-state index in [2.05, 4.69) is 21.9 Å². The van der Waals surface area contributed by atoms with Crippen LogP contribution in [-0.2, 0) is 0 Å². The van der Waals surface area contributed by atoms with Crippen molar-refractivity contribution in [2.45, 2.75) is 0 Å². The molecule has 1 saturated heterocycles. The molecule has 0 amide bonds. The second-order valence-corrected chi connectivity index (χ2v) is 5.28. The van der Waals surface area contributed by atoms with E-state index in [1.807, 2.05) is 18.2 Å². The number of rotatable bonds is 4. The number of fused-ring (bicyclic) bond motifs is 1. The predicted octanol–water partition coefficient (Wildman–Crippen LogP) is 1.36. The van der Waals surface area contributed by atoms with E-state index in [1.165, 1.54) is 0 Å². The number of β-amino-alcohol motifs (C(OH)–C–C–N with tert-alkyl or cyclic N) is 1. The molecule has 1 aromatic carbocycles. The van der Waals surface area contributed by atoms with Gasteiger partial charge in [0, 0.05) is 38.1 Å². The van der Waals surface area contributed by atoms with Crippen LogP contribution in [0.2, 0.25) is 0 Å². The molecule has 2 aromatic rings. The topological polar surface area (TPSA) is 48.8 Å². The Labute approximate surface area is 124 Å². The Bertz CT molecular complexity index is 609. The van der Waals surface area contributed by atoms with Gasteiger partial charge in [-0.15, -0.1) is 0 Å². The summed E-state index contributed by atoms with van der Waals surface area (Å²) in [5.74, 6) is 1.88. The number of aliphatic hydroxyl groups excluding tert-OH is 1. The Morgan fingerprint density at radius 2 is 1.95 bits per heavy atom. The van der Waals surface area contributed by atoms with E-state index < -0.39 is 0 Å². The van der Waals surface area contributed by atoms with Crippen molar-refractivity contribution < 1.29 is 9.84 Å². The van der Waals surface area contributed by atoms with Crippen molar-refractivity contribution >= 4 is 16.7 Å². The smallest absolute Gasteiger partial charge is 0.129 e. The molecule has 1 aliphatic rings. The number of benzene rings is 1. The fourth-order valence-electron chi connectivity index (χ4n) is 2.74. The molecule has 0 radical (unpaired) electrons. The fourth-order valence-corrected chi connectivity index (χ4v) is 2.74. The number of ether oxygens (including phenoxy) is 1. The van der Waals surface area contributed by atoms with Gasteiger partial charge in [0.05, 0.1) is 19.2 Å². The highest BCUT2D eigenvalue weighted by molar-refractivity contribution is 5.81. The Kier molecular flexibility index (Phi) is 4.22. The number of hydrogen-bond donors (Lipinski definition) is 1. The molecule has 1 fully saturated rings. The zero-order valence-corrected chi connectivity index (χ0v) is 12.3. The summed E-state index contributed by atoms with van der Waals surface area (Å²) >= 11 is 0. The van der Waals surface area contributed by atoms with Gasteiger partial charge in [-0.05, 0) is 30.3 Å². The van der Waals surface area contributed by atoms with Crippen molar-refractivity contribution in [2.75, 3.05) is 51.3 Å². The monoisotopic (exact) mass is 287 g/mol. The zero-order valence-electron chi connectivity index (χ0n) is 12.3. The van der Waals surface area contributed by atoms with Gasteiger partial charge in [-0.2, -0.15) is 0 Å². The number of piperazine rings is 1. The van der Waals surface area contributed by atoms with Gasteiger partial charge in [-0.25, -0.2) is 4.98 Å². The Balaban J connectivity index is 1.76. The molecule has 0 unspecified atom stereocenters. The number of aliphatic hydroxyl groups is 1. The third-order valence-corrected chi connectivity index (χ3v) is 3.99. The molecular formula is C16H21N3O2. The van der Waals surface area contributed by atoms with Crippen LogP contribution in [0.4, 0.5) is 5.82 Å². The van der Waals surface area contributed by atoms with Gasteiger partial charge in [-0.1, -0.05) is 0 Å². The van der Waals surface area contributed by atoms with Crippen LogP contribution in [0, 0.1) is 0 Å². The quantitative estimate of drug-likeness (QED) is 0.920. The SMILES string of the molecule is COc1ccc2nc(N3CCN(CCO)CC3)ccc2c1. The van der Waals surface area contributed by atoms with E-state index in [-0.39, 0.29) is 6.61 Å². The van der Waals surface area contributed by atoms with Crippen LogP contribution in [0.15, 0.2) is 30.3 Å². The first-order chi connectivity index (χ1) is 10.3. The van der Waals surface area contributed by atoms with Crippen LogP contribution in [0.25, 0.3) is 10.9 Å². The number of nitrogens with zero attached hydrogens (tertiary/aromatic N) is 3. The first-order valence-electron chi connectivity index (χ1n) is 7.33. The van der Waals surface area contributed by atoms with E-state index in [1.54, 1.807) is 7.11 Å². The number of anilines is 1. The molecule has 1 N–H and O–H groups in total. The van der Waals surface area contributed by atoms with Crippen LogP contribution in [-0.4, -0.2) is 61.4 Å². The third-order valence-electron chi connectivity index (χ3n) is 3.99. The molecule has 1 aliphatic heterocycles. The van der Waals surface area contributed by atoms with Crippen molar-refractivity contribution in [1.29, 1.82) is 0 Å². The van der Waals surface area contributed by atoms with E-state index in [0.717, 1.165) is 55.2 Å². The lowest BCUT2D eigenvalue weighted by atomic mass is 10.2.